The first-order chi connectivity index (χ1) is 7.69. The van der Waals surface area contributed by atoms with Crippen molar-refractivity contribution < 1.29 is 14.3 Å². The molecule has 1 saturated heterocycles. The fraction of sp³-hybridized carbons (Fsp3) is 0.846. The van der Waals surface area contributed by atoms with E-state index in [0.717, 1.165) is 0 Å². The van der Waals surface area contributed by atoms with Gasteiger partial charge in [0.25, 0.3) is 0 Å². The van der Waals surface area contributed by atoms with Gasteiger partial charge in [-0.2, -0.15) is 0 Å². The summed E-state index contributed by atoms with van der Waals surface area (Å²) in [7, 11) is 0. The molecule has 0 atom stereocenters. The van der Waals surface area contributed by atoms with Gasteiger partial charge < -0.3 is 4.74 Å². The Kier molecular flexibility index (Phi) is 3.97. The molecule has 4 heteroatoms. The largest absolute Gasteiger partial charge is 0.465 e. The number of carbonyl (C=O) groups excluding carboxylic acids is 2. The Labute approximate surface area is 103 Å². The van der Waals surface area contributed by atoms with E-state index in [1.807, 2.05) is 27.7 Å². The zero-order chi connectivity index (χ0) is 13.3. The molecule has 0 aromatic rings. The third-order valence-corrected chi connectivity index (χ3v) is 3.31. The topological polar surface area (TPSA) is 46.6 Å². The molecule has 0 N–H and O–H groups in total. The number of rotatable bonds is 3. The summed E-state index contributed by atoms with van der Waals surface area (Å²) in [6, 6.07) is 0. The van der Waals surface area contributed by atoms with E-state index in [-0.39, 0.29) is 29.4 Å². The Morgan fingerprint density at radius 1 is 1.24 bits per heavy atom. The Bertz CT molecular complexity index is 301. The predicted octanol–water partition coefficient (Wildman–Crippen LogP) is 1.77. The summed E-state index contributed by atoms with van der Waals surface area (Å²) in [6.07, 6.45) is 0.992. The molecular formula is C13H23NO3. The standard InChI is InChI=1S/C13H23NO3/c1-6-17-11(16)9-14-12(2,3)7-10(15)8-13(14,4)5/h6-9H2,1-5H3. The van der Waals surface area contributed by atoms with Gasteiger partial charge in [0.2, 0.25) is 0 Å². The van der Waals surface area contributed by atoms with Crippen LogP contribution in [0.1, 0.15) is 47.5 Å². The van der Waals surface area contributed by atoms with Crippen molar-refractivity contribution in [2.45, 2.75) is 58.5 Å². The molecule has 0 aliphatic carbocycles. The lowest BCUT2D eigenvalue weighted by atomic mass is 9.79. The highest BCUT2D eigenvalue weighted by Gasteiger charge is 2.45. The van der Waals surface area contributed by atoms with Crippen molar-refractivity contribution in [3.8, 4) is 0 Å². The number of hydrogen-bond donors (Lipinski definition) is 0. The Balaban J connectivity index is 2.85. The molecule has 1 fully saturated rings. The lowest BCUT2D eigenvalue weighted by Gasteiger charge is -2.51. The average Bonchev–Trinajstić information content (AvgIpc) is 2.10. The van der Waals surface area contributed by atoms with Crippen LogP contribution < -0.4 is 0 Å². The Hall–Kier alpha value is -0.900. The van der Waals surface area contributed by atoms with Gasteiger partial charge in [0.1, 0.15) is 5.78 Å². The Morgan fingerprint density at radius 2 is 1.71 bits per heavy atom. The lowest BCUT2D eigenvalue weighted by molar-refractivity contribution is -0.153. The van der Waals surface area contributed by atoms with Crippen molar-refractivity contribution in [3.63, 3.8) is 0 Å². The molecule has 0 radical (unpaired) electrons. The van der Waals surface area contributed by atoms with Crippen LogP contribution in [-0.4, -0.2) is 40.9 Å². The van der Waals surface area contributed by atoms with E-state index in [1.165, 1.54) is 0 Å². The number of Topliss-reactive ketones (excluding diaryl/α,β-unsaturated/α-hetero) is 1. The molecular weight excluding hydrogens is 218 g/mol. The summed E-state index contributed by atoms with van der Waals surface area (Å²) in [4.78, 5) is 25.4. The number of carbonyl (C=O) groups is 2. The summed E-state index contributed by atoms with van der Waals surface area (Å²) in [6.45, 7) is 10.5. The van der Waals surface area contributed by atoms with Crippen molar-refractivity contribution >= 4 is 11.8 Å². The predicted molar refractivity (Wildman–Crippen MR) is 65.7 cm³/mol. The van der Waals surface area contributed by atoms with Gasteiger partial charge in [-0.3, -0.25) is 14.5 Å². The van der Waals surface area contributed by atoms with Crippen LogP contribution in [0.15, 0.2) is 0 Å². The molecule has 1 aliphatic heterocycles. The van der Waals surface area contributed by atoms with Gasteiger partial charge in [-0.25, -0.2) is 0 Å². The van der Waals surface area contributed by atoms with E-state index >= 15 is 0 Å². The summed E-state index contributed by atoms with van der Waals surface area (Å²) in [5, 5.41) is 0. The summed E-state index contributed by atoms with van der Waals surface area (Å²) < 4.78 is 4.99. The number of likely N-dealkylation sites (tertiary alicyclic amines) is 1. The van der Waals surface area contributed by atoms with Crippen molar-refractivity contribution in [2.75, 3.05) is 13.2 Å². The van der Waals surface area contributed by atoms with Gasteiger partial charge in [-0.15, -0.1) is 0 Å². The van der Waals surface area contributed by atoms with Gasteiger partial charge in [-0.05, 0) is 34.6 Å². The molecule has 0 amide bonds. The summed E-state index contributed by atoms with van der Waals surface area (Å²) in [5.41, 5.74) is -0.572. The first-order valence-electron chi connectivity index (χ1n) is 6.14. The van der Waals surface area contributed by atoms with Crippen LogP contribution in [-0.2, 0) is 14.3 Å². The summed E-state index contributed by atoms with van der Waals surface area (Å²) in [5.74, 6) is 0.0445. The van der Waals surface area contributed by atoms with Crippen LogP contribution in [0.3, 0.4) is 0 Å². The van der Waals surface area contributed by atoms with Crippen molar-refractivity contribution in [1.82, 2.24) is 4.90 Å². The normalized spacial score (nSPS) is 23.5. The number of piperidine rings is 1. The van der Waals surface area contributed by atoms with Crippen molar-refractivity contribution in [1.29, 1.82) is 0 Å². The van der Waals surface area contributed by atoms with E-state index in [2.05, 4.69) is 4.90 Å². The van der Waals surface area contributed by atoms with Crippen LogP contribution in [0.5, 0.6) is 0 Å². The monoisotopic (exact) mass is 241 g/mol. The molecule has 0 spiro atoms. The molecule has 4 nitrogen and oxygen atoms in total. The molecule has 17 heavy (non-hydrogen) atoms. The first kappa shape index (κ1) is 14.2. The quantitative estimate of drug-likeness (QED) is 0.706. The molecule has 0 bridgehead atoms. The van der Waals surface area contributed by atoms with Gasteiger partial charge >= 0.3 is 5.97 Å². The number of ketones is 1. The molecule has 1 aliphatic rings. The van der Waals surface area contributed by atoms with Gasteiger partial charge in [0, 0.05) is 23.9 Å². The van der Waals surface area contributed by atoms with E-state index in [4.69, 9.17) is 4.74 Å². The second-order valence-electron chi connectivity index (χ2n) is 5.91. The second kappa shape index (κ2) is 4.77. The molecule has 0 aromatic heterocycles. The molecule has 98 valence electrons. The molecule has 1 heterocycles. The molecule has 0 saturated carbocycles. The highest BCUT2D eigenvalue weighted by molar-refractivity contribution is 5.82. The van der Waals surface area contributed by atoms with E-state index in [1.54, 1.807) is 6.92 Å². The van der Waals surface area contributed by atoms with Crippen LogP contribution in [0.25, 0.3) is 0 Å². The SMILES string of the molecule is CCOC(=O)CN1C(C)(C)CC(=O)CC1(C)C. The maximum Gasteiger partial charge on any atom is 0.320 e. The molecule has 0 aromatic carbocycles. The van der Waals surface area contributed by atoms with E-state index in [0.29, 0.717) is 19.4 Å². The van der Waals surface area contributed by atoms with Gasteiger partial charge in [0.05, 0.1) is 13.2 Å². The highest BCUT2D eigenvalue weighted by Crippen LogP contribution is 2.36. The fourth-order valence-corrected chi connectivity index (χ4v) is 2.80. The fourth-order valence-electron chi connectivity index (χ4n) is 2.80. The maximum atomic E-state index is 11.7. The van der Waals surface area contributed by atoms with Crippen molar-refractivity contribution in [3.05, 3.63) is 0 Å². The van der Waals surface area contributed by atoms with E-state index < -0.39 is 0 Å². The average molecular weight is 241 g/mol. The van der Waals surface area contributed by atoms with Crippen LogP contribution >= 0.6 is 0 Å². The van der Waals surface area contributed by atoms with Gasteiger partial charge in [0.15, 0.2) is 0 Å². The summed E-state index contributed by atoms with van der Waals surface area (Å²) >= 11 is 0. The number of hydrogen-bond acceptors (Lipinski definition) is 4. The number of nitrogens with zero attached hydrogens (tertiary/aromatic N) is 1. The minimum atomic E-state index is -0.286. The minimum absolute atomic E-state index is 0.219. The second-order valence-corrected chi connectivity index (χ2v) is 5.91. The van der Waals surface area contributed by atoms with E-state index in [9.17, 15) is 9.59 Å². The number of esters is 1. The molecule has 1 rings (SSSR count). The third-order valence-electron chi connectivity index (χ3n) is 3.31. The van der Waals surface area contributed by atoms with Crippen LogP contribution in [0, 0.1) is 0 Å². The van der Waals surface area contributed by atoms with Crippen molar-refractivity contribution in [2.24, 2.45) is 0 Å². The minimum Gasteiger partial charge on any atom is -0.465 e. The van der Waals surface area contributed by atoms with Crippen LogP contribution in [0.4, 0.5) is 0 Å². The maximum absolute atomic E-state index is 11.7. The third kappa shape index (κ3) is 3.28. The zero-order valence-electron chi connectivity index (χ0n) is 11.5. The van der Waals surface area contributed by atoms with Gasteiger partial charge in [-0.1, -0.05) is 0 Å². The lowest BCUT2D eigenvalue weighted by Crippen LogP contribution is -2.62. The smallest absolute Gasteiger partial charge is 0.320 e. The highest BCUT2D eigenvalue weighted by atomic mass is 16.5. The molecule has 0 unspecified atom stereocenters. The first-order valence-corrected chi connectivity index (χ1v) is 6.14. The zero-order valence-corrected chi connectivity index (χ0v) is 11.5. The number of ether oxygens (including phenoxy) is 1. The Morgan fingerprint density at radius 3 is 2.12 bits per heavy atom. The van der Waals surface area contributed by atoms with Crippen LogP contribution in [0.2, 0.25) is 0 Å².